The molecule has 6 nitrogen and oxygen atoms in total. The van der Waals surface area contributed by atoms with Crippen LogP contribution in [0, 0.1) is 5.92 Å². The topological polar surface area (TPSA) is 81.7 Å². The molecule has 2 heterocycles. The number of carboxylic acids is 1. The molecule has 7 heteroatoms. The number of aryl methyl sites for hydroxylation is 1. The van der Waals surface area contributed by atoms with Gasteiger partial charge in [0.15, 0.2) is 0 Å². The fraction of sp³-hybridized carbons (Fsp3) is 0.619. The van der Waals surface area contributed by atoms with Crippen LogP contribution in [-0.4, -0.2) is 47.7 Å². The fourth-order valence-corrected chi connectivity index (χ4v) is 4.33. The van der Waals surface area contributed by atoms with E-state index in [1.807, 2.05) is 29.2 Å². The van der Waals surface area contributed by atoms with Crippen molar-refractivity contribution in [1.82, 2.24) is 15.5 Å². The molecule has 2 aliphatic heterocycles. The van der Waals surface area contributed by atoms with E-state index in [4.69, 9.17) is 5.11 Å². The predicted octanol–water partition coefficient (Wildman–Crippen LogP) is 3.14. The molecule has 1 aromatic carbocycles. The smallest absolute Gasteiger partial charge is 0.318 e. The molecular formula is C21H32ClN3O3. The Labute approximate surface area is 173 Å². The molecule has 3 rings (SSSR count). The minimum Gasteiger partial charge on any atom is -0.481 e. The lowest BCUT2D eigenvalue weighted by Gasteiger charge is -2.38. The van der Waals surface area contributed by atoms with Crippen molar-refractivity contribution < 1.29 is 14.7 Å². The van der Waals surface area contributed by atoms with Gasteiger partial charge < -0.3 is 20.6 Å². The van der Waals surface area contributed by atoms with Crippen LogP contribution in [0.2, 0.25) is 0 Å². The number of aliphatic carboxylic acids is 1. The third-order valence-electron chi connectivity index (χ3n) is 6.37. The summed E-state index contributed by atoms with van der Waals surface area (Å²) in [5.41, 5.74) is 1.71. The van der Waals surface area contributed by atoms with Crippen molar-refractivity contribution in [3.63, 3.8) is 0 Å². The summed E-state index contributed by atoms with van der Waals surface area (Å²) < 4.78 is 0. The predicted molar refractivity (Wildman–Crippen MR) is 112 cm³/mol. The van der Waals surface area contributed by atoms with Crippen molar-refractivity contribution in [3.8, 4) is 0 Å². The van der Waals surface area contributed by atoms with Gasteiger partial charge in [-0.1, -0.05) is 24.3 Å². The second-order valence-electron chi connectivity index (χ2n) is 8.04. The molecule has 1 aromatic rings. The Hall–Kier alpha value is -1.79. The molecule has 28 heavy (non-hydrogen) atoms. The van der Waals surface area contributed by atoms with Crippen molar-refractivity contribution >= 4 is 24.4 Å². The maximum absolute atomic E-state index is 12.6. The minimum atomic E-state index is -0.783. The zero-order valence-corrected chi connectivity index (χ0v) is 17.6. The van der Waals surface area contributed by atoms with Crippen molar-refractivity contribution in [2.24, 2.45) is 5.92 Å². The quantitative estimate of drug-likeness (QED) is 0.646. The number of halogens is 1. The molecule has 0 bridgehead atoms. The van der Waals surface area contributed by atoms with E-state index in [9.17, 15) is 9.59 Å². The molecule has 2 aliphatic rings. The number of nitrogens with one attached hydrogen (secondary N) is 2. The summed E-state index contributed by atoms with van der Waals surface area (Å²) in [4.78, 5) is 25.4. The summed E-state index contributed by atoms with van der Waals surface area (Å²) >= 11 is 0. The second-order valence-corrected chi connectivity index (χ2v) is 8.04. The Bertz CT molecular complexity index is 676. The Kier molecular flexibility index (Phi) is 7.72. The maximum atomic E-state index is 12.6. The Balaban J connectivity index is 0.00000280. The average molecular weight is 410 g/mol. The number of hydrogen-bond donors (Lipinski definition) is 3. The lowest BCUT2D eigenvalue weighted by Crippen LogP contribution is -2.46. The summed E-state index contributed by atoms with van der Waals surface area (Å²) in [5.74, 6) is -0.105. The molecule has 0 radical (unpaired) electrons. The van der Waals surface area contributed by atoms with E-state index in [1.54, 1.807) is 0 Å². The van der Waals surface area contributed by atoms with Crippen molar-refractivity contribution in [2.75, 3.05) is 19.6 Å². The molecule has 0 unspecified atom stereocenters. The third-order valence-corrected chi connectivity index (χ3v) is 6.37. The van der Waals surface area contributed by atoms with Gasteiger partial charge in [-0.05, 0) is 69.7 Å². The zero-order chi connectivity index (χ0) is 19.4. The first-order valence-electron chi connectivity index (χ1n) is 10.0. The Morgan fingerprint density at radius 1 is 1.25 bits per heavy atom. The van der Waals surface area contributed by atoms with E-state index in [1.165, 1.54) is 12.8 Å². The standard InChI is InChI=1S/C21H31N3O3.ClH/c1-15-21(2,18-6-3-16(4-7-18)5-8-19(25)26)24(20(27)23-15)14-11-17-9-12-22-13-10-17;/h3-4,6-7,15,17,22H,5,8-14H2,1-2H3,(H,23,27)(H,25,26);1H/t15-,21-;/m1./s1. The number of benzene rings is 1. The summed E-state index contributed by atoms with van der Waals surface area (Å²) in [6.45, 7) is 7.09. The summed E-state index contributed by atoms with van der Waals surface area (Å²) in [6.07, 6.45) is 4.06. The van der Waals surface area contributed by atoms with E-state index < -0.39 is 11.5 Å². The normalized spacial score (nSPS) is 25.3. The zero-order valence-electron chi connectivity index (χ0n) is 16.7. The van der Waals surface area contributed by atoms with Crippen LogP contribution in [0.3, 0.4) is 0 Å². The minimum absolute atomic E-state index is 0. The molecule has 0 aliphatic carbocycles. The van der Waals surface area contributed by atoms with E-state index in [0.29, 0.717) is 12.3 Å². The number of carbonyl (C=O) groups is 2. The number of hydrogen-bond acceptors (Lipinski definition) is 3. The molecule has 2 atom stereocenters. The Morgan fingerprint density at radius 3 is 2.50 bits per heavy atom. The highest BCUT2D eigenvalue weighted by atomic mass is 35.5. The Morgan fingerprint density at radius 2 is 1.89 bits per heavy atom. The van der Waals surface area contributed by atoms with Crippen molar-refractivity contribution in [2.45, 2.75) is 57.5 Å². The summed E-state index contributed by atoms with van der Waals surface area (Å²) in [7, 11) is 0. The van der Waals surface area contributed by atoms with Gasteiger partial charge in [-0.2, -0.15) is 0 Å². The van der Waals surface area contributed by atoms with E-state index >= 15 is 0 Å². The van der Waals surface area contributed by atoms with Gasteiger partial charge in [-0.15, -0.1) is 12.4 Å². The molecule has 2 amide bonds. The van der Waals surface area contributed by atoms with Gasteiger partial charge in [0.2, 0.25) is 0 Å². The van der Waals surface area contributed by atoms with Crippen molar-refractivity contribution in [1.29, 1.82) is 0 Å². The van der Waals surface area contributed by atoms with Gasteiger partial charge in [0.1, 0.15) is 0 Å². The summed E-state index contributed by atoms with van der Waals surface area (Å²) in [5, 5.41) is 15.3. The maximum Gasteiger partial charge on any atom is 0.318 e. The monoisotopic (exact) mass is 409 g/mol. The molecule has 0 aromatic heterocycles. The van der Waals surface area contributed by atoms with Gasteiger partial charge in [0, 0.05) is 13.0 Å². The molecule has 0 saturated carbocycles. The van der Waals surface area contributed by atoms with Crippen LogP contribution in [-0.2, 0) is 16.8 Å². The lowest BCUT2D eigenvalue weighted by molar-refractivity contribution is -0.136. The first-order chi connectivity index (χ1) is 12.9. The number of urea groups is 1. The SMILES string of the molecule is C[C@H]1NC(=O)N(CCC2CCNCC2)[C@@]1(C)c1ccc(CCC(=O)O)cc1.Cl. The molecule has 0 spiro atoms. The highest BCUT2D eigenvalue weighted by Crippen LogP contribution is 2.37. The number of rotatable bonds is 7. The van der Waals surface area contributed by atoms with Crippen LogP contribution in [0.15, 0.2) is 24.3 Å². The van der Waals surface area contributed by atoms with E-state index in [0.717, 1.165) is 37.2 Å². The van der Waals surface area contributed by atoms with Crippen LogP contribution in [0.1, 0.15) is 50.7 Å². The highest BCUT2D eigenvalue weighted by Gasteiger charge is 2.48. The molecule has 2 fully saturated rings. The molecule has 2 saturated heterocycles. The fourth-order valence-electron chi connectivity index (χ4n) is 4.33. The van der Waals surface area contributed by atoms with Crippen LogP contribution in [0.4, 0.5) is 4.79 Å². The van der Waals surface area contributed by atoms with Crippen LogP contribution < -0.4 is 10.6 Å². The van der Waals surface area contributed by atoms with Crippen LogP contribution in [0.5, 0.6) is 0 Å². The van der Waals surface area contributed by atoms with Gasteiger partial charge in [-0.25, -0.2) is 4.79 Å². The van der Waals surface area contributed by atoms with Gasteiger partial charge in [0.05, 0.1) is 11.6 Å². The van der Waals surface area contributed by atoms with Gasteiger partial charge in [0.25, 0.3) is 0 Å². The number of carbonyl (C=O) groups excluding carboxylic acids is 1. The molecule has 3 N–H and O–H groups in total. The number of amides is 2. The highest BCUT2D eigenvalue weighted by molar-refractivity contribution is 5.85. The first kappa shape index (κ1) is 22.5. The number of nitrogens with zero attached hydrogens (tertiary/aromatic N) is 1. The van der Waals surface area contributed by atoms with Crippen LogP contribution in [0.25, 0.3) is 0 Å². The second kappa shape index (κ2) is 9.61. The molecule has 156 valence electrons. The third kappa shape index (κ3) is 4.78. The number of carboxylic acid groups (broad SMARTS) is 1. The summed E-state index contributed by atoms with van der Waals surface area (Å²) in [6, 6.07) is 8.10. The van der Waals surface area contributed by atoms with E-state index in [-0.39, 0.29) is 30.9 Å². The van der Waals surface area contributed by atoms with Gasteiger partial charge >= 0.3 is 12.0 Å². The first-order valence-corrected chi connectivity index (χ1v) is 10.0. The molecular weight excluding hydrogens is 378 g/mol. The van der Waals surface area contributed by atoms with Crippen LogP contribution >= 0.6 is 12.4 Å². The number of piperidine rings is 1. The average Bonchev–Trinajstić information content (AvgIpc) is 2.89. The van der Waals surface area contributed by atoms with Crippen molar-refractivity contribution in [3.05, 3.63) is 35.4 Å². The largest absolute Gasteiger partial charge is 0.481 e. The van der Waals surface area contributed by atoms with Gasteiger partial charge in [-0.3, -0.25) is 4.79 Å². The van der Waals surface area contributed by atoms with E-state index in [2.05, 4.69) is 24.5 Å². The lowest BCUT2D eigenvalue weighted by atomic mass is 9.84.